The molecular weight excluding hydrogens is 214 g/mol. The van der Waals surface area contributed by atoms with Crippen molar-refractivity contribution in [3.05, 3.63) is 59.9 Å². The Hall–Kier alpha value is -1.87. The van der Waals surface area contributed by atoms with Gasteiger partial charge in [-0.2, -0.15) is 0 Å². The molecule has 0 aliphatic rings. The van der Waals surface area contributed by atoms with E-state index < -0.39 is 0 Å². The molecule has 17 heavy (non-hydrogen) atoms. The Morgan fingerprint density at radius 2 is 2.00 bits per heavy atom. The highest BCUT2D eigenvalue weighted by atomic mass is 16.5. The van der Waals surface area contributed by atoms with Crippen molar-refractivity contribution in [1.29, 1.82) is 0 Å². The molecule has 2 rings (SSSR count). The summed E-state index contributed by atoms with van der Waals surface area (Å²) in [7, 11) is 0. The second kappa shape index (κ2) is 5.46. The second-order valence-electron chi connectivity index (χ2n) is 3.81. The fourth-order valence-corrected chi connectivity index (χ4v) is 1.63. The smallest absolute Gasteiger partial charge is 0.128 e. The minimum atomic E-state index is -0.0648. The van der Waals surface area contributed by atoms with Crippen LogP contribution in [0.1, 0.15) is 24.2 Å². The fraction of sp³-hybridized carbons (Fsp3) is 0.214. The van der Waals surface area contributed by atoms with Crippen LogP contribution in [0.4, 0.5) is 0 Å². The predicted molar refractivity (Wildman–Crippen MR) is 65.6 cm³/mol. The largest absolute Gasteiger partial charge is 0.486 e. The fourth-order valence-electron chi connectivity index (χ4n) is 1.63. The molecule has 0 fully saturated rings. The normalized spacial score (nSPS) is 12.1. The molecule has 1 aromatic heterocycles. The summed E-state index contributed by atoms with van der Waals surface area (Å²) in [6, 6.07) is 11.7. The maximum atomic E-state index is 9.18. The summed E-state index contributed by atoms with van der Waals surface area (Å²) in [6.45, 7) is 1.92. The lowest BCUT2D eigenvalue weighted by Gasteiger charge is -2.16. The Labute approximate surface area is 101 Å². The molecule has 88 valence electrons. The Morgan fingerprint density at radius 3 is 2.71 bits per heavy atom. The zero-order valence-corrected chi connectivity index (χ0v) is 9.71. The van der Waals surface area contributed by atoms with Crippen molar-refractivity contribution in [3.63, 3.8) is 0 Å². The van der Waals surface area contributed by atoms with E-state index in [0.717, 1.165) is 5.56 Å². The number of aromatic nitrogens is 1. The first-order valence-corrected chi connectivity index (χ1v) is 5.56. The lowest BCUT2D eigenvalue weighted by atomic mass is 10.1. The number of hydrogen-bond acceptors (Lipinski definition) is 3. The van der Waals surface area contributed by atoms with Gasteiger partial charge in [0, 0.05) is 18.0 Å². The highest BCUT2D eigenvalue weighted by Gasteiger charge is 2.09. The Balaban J connectivity index is 2.16. The zero-order chi connectivity index (χ0) is 12.1. The van der Waals surface area contributed by atoms with Gasteiger partial charge in [0.25, 0.3) is 0 Å². The SMILES string of the molecule is CC(Oc1ccncc1CO)c1ccccc1. The van der Waals surface area contributed by atoms with Crippen molar-refractivity contribution >= 4 is 0 Å². The van der Waals surface area contributed by atoms with E-state index in [4.69, 9.17) is 4.74 Å². The number of aliphatic hydroxyl groups is 1. The average Bonchev–Trinajstić information content (AvgIpc) is 2.40. The third-order valence-corrected chi connectivity index (χ3v) is 2.60. The molecule has 0 spiro atoms. The van der Waals surface area contributed by atoms with E-state index in [9.17, 15) is 5.11 Å². The first kappa shape index (κ1) is 11.6. The van der Waals surface area contributed by atoms with E-state index in [1.54, 1.807) is 18.5 Å². The zero-order valence-electron chi connectivity index (χ0n) is 9.71. The van der Waals surface area contributed by atoms with Gasteiger partial charge in [0.05, 0.1) is 6.61 Å². The molecule has 1 N–H and O–H groups in total. The molecule has 2 aromatic rings. The first-order valence-electron chi connectivity index (χ1n) is 5.56. The predicted octanol–water partition coefficient (Wildman–Crippen LogP) is 2.71. The Morgan fingerprint density at radius 1 is 1.24 bits per heavy atom. The minimum absolute atomic E-state index is 0.0519. The molecule has 0 amide bonds. The minimum Gasteiger partial charge on any atom is -0.486 e. The van der Waals surface area contributed by atoms with E-state index >= 15 is 0 Å². The highest BCUT2D eigenvalue weighted by molar-refractivity contribution is 5.30. The van der Waals surface area contributed by atoms with Crippen LogP contribution in [0, 0.1) is 0 Å². The van der Waals surface area contributed by atoms with Gasteiger partial charge >= 0.3 is 0 Å². The van der Waals surface area contributed by atoms with Gasteiger partial charge in [-0.15, -0.1) is 0 Å². The summed E-state index contributed by atoms with van der Waals surface area (Å²) in [5, 5.41) is 9.18. The summed E-state index contributed by atoms with van der Waals surface area (Å²) in [5.74, 6) is 0.679. The summed E-state index contributed by atoms with van der Waals surface area (Å²) in [4.78, 5) is 3.96. The van der Waals surface area contributed by atoms with Gasteiger partial charge < -0.3 is 9.84 Å². The first-order chi connectivity index (χ1) is 8.31. The third-order valence-electron chi connectivity index (χ3n) is 2.60. The molecule has 0 radical (unpaired) electrons. The number of ether oxygens (including phenoxy) is 1. The summed E-state index contributed by atoms with van der Waals surface area (Å²) >= 11 is 0. The van der Waals surface area contributed by atoms with Crippen LogP contribution in [-0.4, -0.2) is 10.1 Å². The quantitative estimate of drug-likeness (QED) is 0.876. The third kappa shape index (κ3) is 2.82. The molecule has 1 heterocycles. The molecule has 3 nitrogen and oxygen atoms in total. The number of nitrogens with zero attached hydrogens (tertiary/aromatic N) is 1. The number of pyridine rings is 1. The summed E-state index contributed by atoms with van der Waals surface area (Å²) in [5.41, 5.74) is 1.81. The van der Waals surface area contributed by atoms with E-state index in [1.165, 1.54) is 0 Å². The van der Waals surface area contributed by atoms with Gasteiger partial charge in [0.1, 0.15) is 11.9 Å². The van der Waals surface area contributed by atoms with Crippen LogP contribution in [0.3, 0.4) is 0 Å². The molecule has 0 aliphatic heterocycles. The van der Waals surface area contributed by atoms with Crippen LogP contribution in [-0.2, 0) is 6.61 Å². The van der Waals surface area contributed by atoms with Crippen LogP contribution in [0.5, 0.6) is 5.75 Å². The lowest BCUT2D eigenvalue weighted by molar-refractivity contribution is 0.213. The van der Waals surface area contributed by atoms with E-state index in [0.29, 0.717) is 11.3 Å². The molecule has 1 unspecified atom stereocenters. The topological polar surface area (TPSA) is 42.4 Å². The standard InChI is InChI=1S/C14H15NO2/c1-11(12-5-3-2-4-6-12)17-14-7-8-15-9-13(14)10-16/h2-9,11,16H,10H2,1H3. The van der Waals surface area contributed by atoms with Crippen molar-refractivity contribution in [3.8, 4) is 5.75 Å². The Kier molecular flexibility index (Phi) is 3.73. The van der Waals surface area contributed by atoms with Gasteiger partial charge in [0.2, 0.25) is 0 Å². The maximum Gasteiger partial charge on any atom is 0.128 e. The molecule has 0 bridgehead atoms. The number of benzene rings is 1. The van der Waals surface area contributed by atoms with Crippen molar-refractivity contribution in [2.75, 3.05) is 0 Å². The van der Waals surface area contributed by atoms with Crippen molar-refractivity contribution in [2.24, 2.45) is 0 Å². The van der Waals surface area contributed by atoms with E-state index in [2.05, 4.69) is 4.98 Å². The maximum absolute atomic E-state index is 9.18. The lowest BCUT2D eigenvalue weighted by Crippen LogP contribution is -2.05. The molecular formula is C14H15NO2. The van der Waals surface area contributed by atoms with Gasteiger partial charge in [-0.1, -0.05) is 30.3 Å². The van der Waals surface area contributed by atoms with Gasteiger partial charge in [-0.05, 0) is 18.6 Å². The number of hydrogen-bond donors (Lipinski definition) is 1. The van der Waals surface area contributed by atoms with Crippen LogP contribution in [0.25, 0.3) is 0 Å². The van der Waals surface area contributed by atoms with E-state index in [1.807, 2.05) is 37.3 Å². The number of aliphatic hydroxyl groups excluding tert-OH is 1. The van der Waals surface area contributed by atoms with E-state index in [-0.39, 0.29) is 12.7 Å². The molecule has 1 aromatic carbocycles. The van der Waals surface area contributed by atoms with Crippen LogP contribution >= 0.6 is 0 Å². The van der Waals surface area contributed by atoms with Gasteiger partial charge in [0.15, 0.2) is 0 Å². The van der Waals surface area contributed by atoms with Crippen LogP contribution in [0.2, 0.25) is 0 Å². The van der Waals surface area contributed by atoms with Gasteiger partial charge in [-0.25, -0.2) is 0 Å². The second-order valence-corrected chi connectivity index (χ2v) is 3.81. The molecule has 0 saturated heterocycles. The summed E-state index contributed by atoms with van der Waals surface area (Å²) < 4.78 is 5.82. The van der Waals surface area contributed by atoms with Crippen molar-refractivity contribution < 1.29 is 9.84 Å². The molecule has 0 saturated carbocycles. The van der Waals surface area contributed by atoms with Crippen molar-refractivity contribution in [2.45, 2.75) is 19.6 Å². The summed E-state index contributed by atoms with van der Waals surface area (Å²) in [6.07, 6.45) is 3.23. The monoisotopic (exact) mass is 229 g/mol. The highest BCUT2D eigenvalue weighted by Crippen LogP contribution is 2.24. The average molecular weight is 229 g/mol. The Bertz CT molecular complexity index is 471. The van der Waals surface area contributed by atoms with Crippen LogP contribution in [0.15, 0.2) is 48.8 Å². The molecule has 0 aliphatic carbocycles. The van der Waals surface area contributed by atoms with Crippen molar-refractivity contribution in [1.82, 2.24) is 4.98 Å². The molecule has 1 atom stereocenters. The number of rotatable bonds is 4. The van der Waals surface area contributed by atoms with Crippen LogP contribution < -0.4 is 4.74 Å². The molecule has 3 heteroatoms. The van der Waals surface area contributed by atoms with Gasteiger partial charge in [-0.3, -0.25) is 4.98 Å².